The Labute approximate surface area is 99.0 Å². The monoisotopic (exact) mass is 234 g/mol. The molecule has 2 aromatic rings. The van der Waals surface area contributed by atoms with E-state index < -0.39 is 0 Å². The summed E-state index contributed by atoms with van der Waals surface area (Å²) >= 11 is 0. The largest absolute Gasteiger partial charge is 0.382 e. The topological polar surface area (TPSA) is 69.9 Å². The molecule has 2 rings (SSSR count). The van der Waals surface area contributed by atoms with Crippen LogP contribution in [0.25, 0.3) is 11.3 Å². The molecule has 4 nitrogen and oxygen atoms in total. The first kappa shape index (κ1) is 11.4. The van der Waals surface area contributed by atoms with Crippen LogP contribution in [0.2, 0.25) is 0 Å². The molecule has 1 aromatic heterocycles. The zero-order valence-electron chi connectivity index (χ0n) is 9.81. The minimum atomic E-state index is -0.320. The Bertz CT molecular complexity index is 545. The van der Waals surface area contributed by atoms with Gasteiger partial charge in [-0.15, -0.1) is 0 Å². The first-order valence-electron chi connectivity index (χ1n) is 5.40. The average molecular weight is 234 g/mol. The third-order valence-corrected chi connectivity index (χ3v) is 2.59. The van der Waals surface area contributed by atoms with E-state index in [-0.39, 0.29) is 11.7 Å². The summed E-state index contributed by atoms with van der Waals surface area (Å²) in [4.78, 5) is 4.37. The van der Waals surface area contributed by atoms with Gasteiger partial charge in [0.25, 0.3) is 0 Å². The summed E-state index contributed by atoms with van der Waals surface area (Å²) < 4.78 is 14.5. The summed E-state index contributed by atoms with van der Waals surface area (Å²) in [5.41, 5.74) is 7.03. The van der Waals surface area contributed by atoms with Crippen molar-refractivity contribution in [2.75, 3.05) is 11.6 Å². The molecule has 0 aliphatic carbocycles. The second-order valence-corrected chi connectivity index (χ2v) is 4.24. The number of nitrogen functional groups attached to an aromatic ring is 2. The number of rotatable bonds is 2. The van der Waals surface area contributed by atoms with Crippen molar-refractivity contribution < 1.29 is 4.39 Å². The normalized spacial score (nSPS) is 11.1. The molecular weight excluding hydrogens is 219 g/mol. The number of nitrogens with zero attached hydrogens (tertiary/aromatic N) is 2. The van der Waals surface area contributed by atoms with Gasteiger partial charge in [-0.1, -0.05) is 26.0 Å². The van der Waals surface area contributed by atoms with Crippen LogP contribution in [0.3, 0.4) is 0 Å². The van der Waals surface area contributed by atoms with Gasteiger partial charge in [0.2, 0.25) is 0 Å². The molecule has 5 heteroatoms. The number of aromatic nitrogens is 2. The molecule has 17 heavy (non-hydrogen) atoms. The fourth-order valence-electron chi connectivity index (χ4n) is 1.72. The van der Waals surface area contributed by atoms with Gasteiger partial charge in [0.05, 0.1) is 0 Å². The number of benzene rings is 1. The highest BCUT2D eigenvalue weighted by Crippen LogP contribution is 2.27. The molecule has 1 aromatic carbocycles. The molecule has 0 amide bonds. The lowest BCUT2D eigenvalue weighted by Crippen LogP contribution is -2.16. The standard InChI is InChI=1S/C12H15FN4/c1-7(2)12-16-10(11(14)17(12)15)8-4-3-5-9(13)6-8/h3-7H,14-15H2,1-2H3. The van der Waals surface area contributed by atoms with E-state index in [0.717, 1.165) is 0 Å². The molecular formula is C12H15FN4. The second kappa shape index (κ2) is 4.08. The third-order valence-electron chi connectivity index (χ3n) is 2.59. The van der Waals surface area contributed by atoms with Crippen molar-refractivity contribution in [3.8, 4) is 11.3 Å². The number of halogens is 1. The van der Waals surface area contributed by atoms with E-state index in [0.29, 0.717) is 22.9 Å². The lowest BCUT2D eigenvalue weighted by Gasteiger charge is -2.04. The Morgan fingerprint density at radius 2 is 2.06 bits per heavy atom. The Balaban J connectivity index is 2.57. The molecule has 1 heterocycles. The summed E-state index contributed by atoms with van der Waals surface area (Å²) in [5, 5.41) is 0. The number of nitrogens with two attached hydrogens (primary N) is 2. The highest BCUT2D eigenvalue weighted by atomic mass is 19.1. The van der Waals surface area contributed by atoms with Crippen molar-refractivity contribution in [2.24, 2.45) is 0 Å². The molecule has 0 bridgehead atoms. The fraction of sp³-hybridized carbons (Fsp3) is 0.250. The van der Waals surface area contributed by atoms with Gasteiger partial charge >= 0.3 is 0 Å². The van der Waals surface area contributed by atoms with Crippen LogP contribution in [-0.4, -0.2) is 9.66 Å². The first-order valence-corrected chi connectivity index (χ1v) is 5.40. The number of imidazole rings is 1. The summed E-state index contributed by atoms with van der Waals surface area (Å²) in [5.74, 6) is 6.68. The molecule has 0 saturated carbocycles. The van der Waals surface area contributed by atoms with Crippen molar-refractivity contribution in [3.05, 3.63) is 35.9 Å². The number of hydrogen-bond acceptors (Lipinski definition) is 3. The van der Waals surface area contributed by atoms with E-state index >= 15 is 0 Å². The second-order valence-electron chi connectivity index (χ2n) is 4.24. The van der Waals surface area contributed by atoms with E-state index in [1.54, 1.807) is 12.1 Å². The van der Waals surface area contributed by atoms with Crippen LogP contribution in [0.1, 0.15) is 25.6 Å². The van der Waals surface area contributed by atoms with E-state index in [1.165, 1.54) is 16.8 Å². The number of anilines is 1. The zero-order valence-corrected chi connectivity index (χ0v) is 9.81. The van der Waals surface area contributed by atoms with Crippen molar-refractivity contribution in [3.63, 3.8) is 0 Å². The van der Waals surface area contributed by atoms with Crippen molar-refractivity contribution in [2.45, 2.75) is 19.8 Å². The maximum Gasteiger partial charge on any atom is 0.150 e. The maximum absolute atomic E-state index is 13.1. The van der Waals surface area contributed by atoms with E-state index in [4.69, 9.17) is 11.6 Å². The highest BCUT2D eigenvalue weighted by molar-refractivity contribution is 5.71. The van der Waals surface area contributed by atoms with Gasteiger partial charge in [0.1, 0.15) is 17.3 Å². The lowest BCUT2D eigenvalue weighted by molar-refractivity contribution is 0.628. The van der Waals surface area contributed by atoms with Crippen LogP contribution >= 0.6 is 0 Å². The minimum Gasteiger partial charge on any atom is -0.382 e. The zero-order chi connectivity index (χ0) is 12.6. The molecule has 0 saturated heterocycles. The van der Waals surface area contributed by atoms with Crippen molar-refractivity contribution in [1.29, 1.82) is 0 Å². The summed E-state index contributed by atoms with van der Waals surface area (Å²) in [6.45, 7) is 3.95. The summed E-state index contributed by atoms with van der Waals surface area (Å²) in [7, 11) is 0. The number of hydrogen-bond donors (Lipinski definition) is 2. The molecule has 0 radical (unpaired) electrons. The van der Waals surface area contributed by atoms with Gasteiger partial charge in [0, 0.05) is 11.5 Å². The molecule has 4 N–H and O–H groups in total. The van der Waals surface area contributed by atoms with Gasteiger partial charge in [-0.2, -0.15) is 0 Å². The predicted molar refractivity (Wildman–Crippen MR) is 66.3 cm³/mol. The van der Waals surface area contributed by atoms with Crippen LogP contribution in [0.15, 0.2) is 24.3 Å². The van der Waals surface area contributed by atoms with Crippen LogP contribution in [-0.2, 0) is 0 Å². The Hall–Kier alpha value is -2.04. The third kappa shape index (κ3) is 1.95. The lowest BCUT2D eigenvalue weighted by atomic mass is 10.1. The quantitative estimate of drug-likeness (QED) is 0.782. The van der Waals surface area contributed by atoms with Gasteiger partial charge in [0.15, 0.2) is 5.82 Å². The van der Waals surface area contributed by atoms with Gasteiger partial charge in [-0.3, -0.25) is 0 Å². The van der Waals surface area contributed by atoms with Gasteiger partial charge in [-0.25, -0.2) is 14.1 Å². The Kier molecular flexibility index (Phi) is 2.75. The summed E-state index contributed by atoms with van der Waals surface area (Å²) in [6, 6.07) is 6.14. The molecule has 0 atom stereocenters. The predicted octanol–water partition coefficient (Wildman–Crippen LogP) is 2.11. The molecule has 0 fully saturated rings. The molecule has 0 unspecified atom stereocenters. The molecule has 0 aliphatic heterocycles. The minimum absolute atomic E-state index is 0.157. The van der Waals surface area contributed by atoms with Crippen LogP contribution in [0, 0.1) is 5.82 Å². The van der Waals surface area contributed by atoms with Crippen molar-refractivity contribution >= 4 is 5.82 Å². The van der Waals surface area contributed by atoms with E-state index in [2.05, 4.69) is 4.98 Å². The van der Waals surface area contributed by atoms with E-state index in [1.807, 2.05) is 13.8 Å². The van der Waals surface area contributed by atoms with Crippen LogP contribution in [0.4, 0.5) is 10.2 Å². The fourth-order valence-corrected chi connectivity index (χ4v) is 1.72. The van der Waals surface area contributed by atoms with Crippen molar-refractivity contribution in [1.82, 2.24) is 9.66 Å². The molecule has 90 valence electrons. The van der Waals surface area contributed by atoms with Gasteiger partial charge in [-0.05, 0) is 12.1 Å². The maximum atomic E-state index is 13.1. The average Bonchev–Trinajstić information content (AvgIpc) is 2.56. The van der Waals surface area contributed by atoms with Crippen LogP contribution < -0.4 is 11.6 Å². The highest BCUT2D eigenvalue weighted by Gasteiger charge is 2.16. The van der Waals surface area contributed by atoms with Gasteiger partial charge < -0.3 is 11.6 Å². The molecule has 0 spiro atoms. The first-order chi connectivity index (χ1) is 8.00. The smallest absolute Gasteiger partial charge is 0.150 e. The van der Waals surface area contributed by atoms with E-state index in [9.17, 15) is 4.39 Å². The SMILES string of the molecule is CC(C)c1nc(-c2cccc(F)c2)c(N)n1N. The Morgan fingerprint density at radius 1 is 1.35 bits per heavy atom. The Morgan fingerprint density at radius 3 is 2.59 bits per heavy atom. The van der Waals surface area contributed by atoms with Crippen LogP contribution in [0.5, 0.6) is 0 Å². The summed E-state index contributed by atoms with van der Waals surface area (Å²) in [6.07, 6.45) is 0. The molecule has 0 aliphatic rings.